The number of carbonyl (C=O) groups is 2. The van der Waals surface area contributed by atoms with Gasteiger partial charge in [-0.05, 0) is 51.7 Å². The van der Waals surface area contributed by atoms with Crippen molar-refractivity contribution >= 4 is 35.1 Å². The molecule has 4 aliphatic heterocycles. The minimum Gasteiger partial charge on any atom is -0.480 e. The quantitative estimate of drug-likeness (QED) is 0.186. The molecular weight excluding hydrogens is 827 g/mol. The molecule has 4 unspecified atom stereocenters. The van der Waals surface area contributed by atoms with Gasteiger partial charge in [-0.3, -0.25) is 0 Å². The van der Waals surface area contributed by atoms with Crippen LogP contribution in [0, 0.1) is 11.8 Å². The van der Waals surface area contributed by atoms with E-state index in [0.717, 1.165) is 35.4 Å². The molecule has 2 N–H and O–H groups in total. The van der Waals surface area contributed by atoms with Gasteiger partial charge in [0.1, 0.15) is 35.4 Å². The highest BCUT2D eigenvalue weighted by Crippen LogP contribution is 2.37. The Morgan fingerprint density at radius 2 is 1.03 bits per heavy atom. The Labute approximate surface area is 366 Å². The zero-order chi connectivity index (χ0) is 44.5. The molecule has 2 fully saturated rings. The van der Waals surface area contributed by atoms with E-state index in [1.165, 1.54) is 18.2 Å². The lowest BCUT2D eigenvalue weighted by molar-refractivity contribution is -0.139. The van der Waals surface area contributed by atoms with E-state index in [2.05, 4.69) is 49.8 Å². The minimum absolute atomic E-state index is 0.125. The van der Waals surface area contributed by atoms with Gasteiger partial charge < -0.3 is 29.8 Å². The van der Waals surface area contributed by atoms with Crippen molar-refractivity contribution < 1.29 is 28.6 Å². The van der Waals surface area contributed by atoms with Crippen molar-refractivity contribution in [3.63, 3.8) is 0 Å². The second kappa shape index (κ2) is 17.8. The Balaban J connectivity index is 0.000000162. The van der Waals surface area contributed by atoms with Crippen LogP contribution in [0.5, 0.6) is 0 Å². The van der Waals surface area contributed by atoms with Gasteiger partial charge in [0.25, 0.3) is 0 Å². The van der Waals surface area contributed by atoms with Crippen LogP contribution in [-0.4, -0.2) is 110 Å². The molecule has 6 aromatic heterocycles. The number of aromatic nitrogens is 10. The van der Waals surface area contributed by atoms with Crippen molar-refractivity contribution in [3.8, 4) is 23.3 Å². The molecule has 328 valence electrons. The highest BCUT2D eigenvalue weighted by molar-refractivity contribution is 5.80. The Bertz CT molecular complexity index is 2500. The zero-order valence-electron chi connectivity index (χ0n) is 35.0. The van der Waals surface area contributed by atoms with E-state index in [1.807, 2.05) is 23.6 Å². The molecule has 0 bridgehead atoms. The molecule has 2 saturated heterocycles. The zero-order valence-corrected chi connectivity index (χ0v) is 35.0. The molecule has 6 aromatic rings. The predicted octanol–water partition coefficient (Wildman–Crippen LogP) is 5.29. The molecule has 18 nitrogen and oxygen atoms in total. The van der Waals surface area contributed by atoms with E-state index in [9.17, 15) is 28.6 Å². The standard InChI is InChI=1S/2C22H22FN7O2/c1-13-15-12-26-21(20-24-6-3-7-25-20)27-16(15)5-9-29(13)19-11-14(10-18(23)28-19)30-8-2-4-17(30)22(31)32;1-13-15-12-26-21(20-24-6-3-7-25-20)27-16(15)5-9-29(13)18-10-14(23)11-19(28-18)30-8-2-4-17(30)22(31)32/h2*3,6-7,10-13,17H,2,4-5,8-9H2,1H3,(H,31,32). The summed E-state index contributed by atoms with van der Waals surface area (Å²) in [6, 6.07) is 7.69. The normalized spacial score (nSPS) is 20.3. The van der Waals surface area contributed by atoms with Crippen molar-refractivity contribution in [3.05, 3.63) is 108 Å². The topological polar surface area (TPSA) is 216 Å². The number of anilines is 4. The van der Waals surface area contributed by atoms with Gasteiger partial charge in [0.15, 0.2) is 23.3 Å². The molecule has 0 spiro atoms. The van der Waals surface area contributed by atoms with Crippen LogP contribution < -0.4 is 19.6 Å². The van der Waals surface area contributed by atoms with Gasteiger partial charge in [-0.2, -0.15) is 4.39 Å². The molecule has 20 heteroatoms. The fourth-order valence-corrected chi connectivity index (χ4v) is 8.98. The summed E-state index contributed by atoms with van der Waals surface area (Å²) in [5.41, 5.74) is 4.24. The predicted molar refractivity (Wildman–Crippen MR) is 229 cm³/mol. The number of aliphatic carboxylic acids is 2. The second-order valence-corrected chi connectivity index (χ2v) is 16.0. The van der Waals surface area contributed by atoms with E-state index in [1.54, 1.807) is 65.2 Å². The average molecular weight is 871 g/mol. The Morgan fingerprint density at radius 1 is 0.562 bits per heavy atom. The Morgan fingerprint density at radius 3 is 1.55 bits per heavy atom. The molecule has 10 heterocycles. The first kappa shape index (κ1) is 41.9. The number of halogens is 2. The highest BCUT2D eigenvalue weighted by atomic mass is 19.1. The minimum atomic E-state index is -0.911. The van der Waals surface area contributed by atoms with Gasteiger partial charge >= 0.3 is 11.9 Å². The number of carboxylic acid groups (broad SMARTS) is 2. The molecule has 0 radical (unpaired) electrons. The SMILES string of the molecule is CC1c2cnc(-c3ncccn3)nc2CCN1c1cc(F)cc(N2CCCC2C(=O)O)n1.CC1c2cnc(-c3ncccn3)nc2CCN1c1cc(N2CCCC2C(=O)O)cc(F)n1. The molecule has 0 aliphatic carbocycles. The molecular formula is C44H44F2N14O4. The Kier molecular flexibility index (Phi) is 11.6. The third-order valence-electron chi connectivity index (χ3n) is 12.2. The third-order valence-corrected chi connectivity index (χ3v) is 12.2. The first-order chi connectivity index (χ1) is 31.0. The van der Waals surface area contributed by atoms with Crippen LogP contribution in [0.25, 0.3) is 23.3 Å². The van der Waals surface area contributed by atoms with Crippen molar-refractivity contribution in [2.45, 2.75) is 76.5 Å². The molecule has 0 amide bonds. The smallest absolute Gasteiger partial charge is 0.326 e. The molecule has 4 aliphatic rings. The van der Waals surface area contributed by atoms with Gasteiger partial charge in [0.2, 0.25) is 5.95 Å². The number of rotatable bonds is 8. The molecule has 4 atom stereocenters. The molecule has 10 rings (SSSR count). The number of fused-ring (bicyclic) bond motifs is 2. The van der Waals surface area contributed by atoms with Crippen LogP contribution in [-0.2, 0) is 22.4 Å². The van der Waals surface area contributed by atoms with Gasteiger partial charge in [0.05, 0.1) is 23.5 Å². The summed E-state index contributed by atoms with van der Waals surface area (Å²) >= 11 is 0. The first-order valence-corrected chi connectivity index (χ1v) is 21.2. The number of pyridine rings is 2. The summed E-state index contributed by atoms with van der Waals surface area (Å²) in [4.78, 5) is 74.4. The maximum absolute atomic E-state index is 14.5. The molecule has 64 heavy (non-hydrogen) atoms. The van der Waals surface area contributed by atoms with Crippen LogP contribution in [0.15, 0.2) is 73.6 Å². The summed E-state index contributed by atoms with van der Waals surface area (Å²) < 4.78 is 29.0. The first-order valence-electron chi connectivity index (χ1n) is 21.2. The van der Waals surface area contributed by atoms with E-state index < -0.39 is 35.8 Å². The van der Waals surface area contributed by atoms with E-state index in [0.29, 0.717) is 98.3 Å². The largest absolute Gasteiger partial charge is 0.480 e. The van der Waals surface area contributed by atoms with E-state index in [4.69, 9.17) is 0 Å². The fourth-order valence-electron chi connectivity index (χ4n) is 8.98. The van der Waals surface area contributed by atoms with Crippen molar-refractivity contribution in [2.75, 3.05) is 45.8 Å². The van der Waals surface area contributed by atoms with Gasteiger partial charge in [-0.15, -0.1) is 0 Å². The summed E-state index contributed by atoms with van der Waals surface area (Å²) in [7, 11) is 0. The van der Waals surface area contributed by atoms with Crippen molar-refractivity contribution in [1.29, 1.82) is 0 Å². The van der Waals surface area contributed by atoms with Gasteiger partial charge in [0, 0.05) is 117 Å². The second-order valence-electron chi connectivity index (χ2n) is 16.0. The summed E-state index contributed by atoms with van der Waals surface area (Å²) in [6.07, 6.45) is 14.0. The maximum atomic E-state index is 14.5. The number of nitrogens with zero attached hydrogens (tertiary/aromatic N) is 14. The Hall–Kier alpha value is -7.38. The highest BCUT2D eigenvalue weighted by Gasteiger charge is 2.35. The summed E-state index contributed by atoms with van der Waals surface area (Å²) in [6.45, 7) is 6.32. The monoisotopic (exact) mass is 870 g/mol. The number of carboxylic acids is 2. The molecule has 0 saturated carbocycles. The van der Waals surface area contributed by atoms with Crippen LogP contribution in [0.4, 0.5) is 31.9 Å². The van der Waals surface area contributed by atoms with Crippen LogP contribution in [0.2, 0.25) is 0 Å². The van der Waals surface area contributed by atoms with Crippen molar-refractivity contribution in [2.24, 2.45) is 0 Å². The van der Waals surface area contributed by atoms with Gasteiger partial charge in [-0.25, -0.2) is 63.8 Å². The number of hydrogen-bond donors (Lipinski definition) is 2. The van der Waals surface area contributed by atoms with Crippen LogP contribution in [0.3, 0.4) is 0 Å². The van der Waals surface area contributed by atoms with E-state index in [-0.39, 0.29) is 12.1 Å². The lowest BCUT2D eigenvalue weighted by Gasteiger charge is -2.36. The molecule has 0 aromatic carbocycles. The fraction of sp³-hybridized carbons (Fsp3) is 0.364. The summed E-state index contributed by atoms with van der Waals surface area (Å²) in [5, 5.41) is 19.0. The average Bonchev–Trinajstić information content (AvgIpc) is 4.02. The van der Waals surface area contributed by atoms with Crippen LogP contribution >= 0.6 is 0 Å². The maximum Gasteiger partial charge on any atom is 0.326 e. The lowest BCUT2D eigenvalue weighted by atomic mass is 9.99. The van der Waals surface area contributed by atoms with E-state index >= 15 is 0 Å². The van der Waals surface area contributed by atoms with Crippen molar-refractivity contribution in [1.82, 2.24) is 49.8 Å². The number of hydrogen-bond acceptors (Lipinski definition) is 16. The third kappa shape index (κ3) is 8.41. The lowest BCUT2D eigenvalue weighted by Crippen LogP contribution is -2.38. The van der Waals surface area contributed by atoms with Crippen LogP contribution in [0.1, 0.15) is 74.1 Å². The van der Waals surface area contributed by atoms with Gasteiger partial charge in [-0.1, -0.05) is 0 Å². The summed E-state index contributed by atoms with van der Waals surface area (Å²) in [5.74, 6) is 0.342.